The van der Waals surface area contributed by atoms with Gasteiger partial charge in [0.05, 0.1) is 17.8 Å². The highest BCUT2D eigenvalue weighted by Crippen LogP contribution is 2.34. The lowest BCUT2D eigenvalue weighted by Gasteiger charge is -2.34. The number of imidazole rings is 1. The number of rotatable bonds is 6. The third-order valence-electron chi connectivity index (χ3n) is 6.18. The van der Waals surface area contributed by atoms with Crippen LogP contribution in [0.2, 0.25) is 5.02 Å². The van der Waals surface area contributed by atoms with E-state index in [0.29, 0.717) is 10.8 Å². The summed E-state index contributed by atoms with van der Waals surface area (Å²) in [6.07, 6.45) is 8.01. The second-order valence-corrected chi connectivity index (χ2v) is 9.01. The summed E-state index contributed by atoms with van der Waals surface area (Å²) in [7, 11) is 5.95. The van der Waals surface area contributed by atoms with Crippen molar-refractivity contribution < 1.29 is 4.74 Å². The largest absolute Gasteiger partial charge is 0.495 e. The van der Waals surface area contributed by atoms with Crippen LogP contribution < -0.4 is 9.64 Å². The minimum absolute atomic E-state index is 0.605. The fourth-order valence-electron chi connectivity index (χ4n) is 4.31. The number of pyridine rings is 1. The molecule has 3 aromatic rings. The molecule has 0 unspecified atom stereocenters. The fraction of sp³-hybridized carbons (Fsp3) is 0.458. The van der Waals surface area contributed by atoms with Gasteiger partial charge in [0.2, 0.25) is 0 Å². The summed E-state index contributed by atoms with van der Waals surface area (Å²) < 4.78 is 7.41. The smallest absolute Gasteiger partial charge is 0.139 e. The third kappa shape index (κ3) is 4.42. The topological polar surface area (TPSA) is 33.0 Å². The number of benzene rings is 1. The molecular formula is C24H31ClN4O. The maximum Gasteiger partial charge on any atom is 0.139 e. The summed E-state index contributed by atoms with van der Waals surface area (Å²) in [6, 6.07) is 8.31. The molecule has 3 heterocycles. The summed E-state index contributed by atoms with van der Waals surface area (Å²) in [6.45, 7) is 5.48. The lowest BCUT2D eigenvalue weighted by Crippen LogP contribution is -2.34. The van der Waals surface area contributed by atoms with Crippen LogP contribution in [0.1, 0.15) is 24.8 Å². The Kier molecular flexibility index (Phi) is 6.21. The Morgan fingerprint density at radius 1 is 1.20 bits per heavy atom. The van der Waals surface area contributed by atoms with Gasteiger partial charge in [-0.05, 0) is 76.5 Å². The molecule has 0 radical (unpaired) electrons. The monoisotopic (exact) mass is 426 g/mol. The number of hydrogen-bond acceptors (Lipinski definition) is 4. The molecule has 1 saturated heterocycles. The molecule has 160 valence electrons. The van der Waals surface area contributed by atoms with Crippen molar-refractivity contribution in [1.82, 2.24) is 14.3 Å². The Hall–Kier alpha value is -2.24. The van der Waals surface area contributed by atoms with Gasteiger partial charge in [0.25, 0.3) is 0 Å². The number of ether oxygens (including phenoxy) is 1. The molecule has 1 aliphatic heterocycles. The molecule has 0 spiro atoms. The predicted octanol–water partition coefficient (Wildman–Crippen LogP) is 5.14. The Balaban J connectivity index is 1.52. The average molecular weight is 427 g/mol. The van der Waals surface area contributed by atoms with Gasteiger partial charge in [-0.2, -0.15) is 0 Å². The lowest BCUT2D eigenvalue weighted by atomic mass is 9.93. The van der Waals surface area contributed by atoms with Gasteiger partial charge in [-0.1, -0.05) is 11.6 Å². The number of aryl methyl sites for hydroxylation is 1. The van der Waals surface area contributed by atoms with E-state index in [1.807, 2.05) is 12.1 Å². The van der Waals surface area contributed by atoms with Crippen LogP contribution in [-0.2, 0) is 0 Å². The number of fused-ring (bicyclic) bond motifs is 1. The number of nitrogens with zero attached hydrogens (tertiary/aromatic N) is 4. The van der Waals surface area contributed by atoms with Gasteiger partial charge in [-0.15, -0.1) is 0 Å². The molecule has 0 bridgehead atoms. The van der Waals surface area contributed by atoms with Crippen LogP contribution in [0.4, 0.5) is 5.69 Å². The van der Waals surface area contributed by atoms with Crippen molar-refractivity contribution >= 4 is 22.9 Å². The summed E-state index contributed by atoms with van der Waals surface area (Å²) >= 11 is 6.36. The fourth-order valence-corrected chi connectivity index (χ4v) is 4.55. The van der Waals surface area contributed by atoms with Crippen LogP contribution in [0, 0.1) is 12.8 Å². The molecule has 6 heteroatoms. The normalized spacial score (nSPS) is 15.3. The number of halogens is 1. The van der Waals surface area contributed by atoms with Crippen molar-refractivity contribution in [3.8, 4) is 17.0 Å². The van der Waals surface area contributed by atoms with Crippen LogP contribution >= 0.6 is 11.6 Å². The van der Waals surface area contributed by atoms with Crippen molar-refractivity contribution in [2.24, 2.45) is 5.92 Å². The molecule has 1 fully saturated rings. The number of anilines is 1. The molecule has 2 aromatic heterocycles. The number of aromatic nitrogens is 2. The minimum Gasteiger partial charge on any atom is -0.495 e. The summed E-state index contributed by atoms with van der Waals surface area (Å²) in [5.41, 5.74) is 5.28. The van der Waals surface area contributed by atoms with Gasteiger partial charge in [-0.3, -0.25) is 0 Å². The Bertz CT molecular complexity index is 1020. The summed E-state index contributed by atoms with van der Waals surface area (Å²) in [5.74, 6) is 1.53. The lowest BCUT2D eigenvalue weighted by molar-refractivity contribution is 0.313. The van der Waals surface area contributed by atoms with Crippen molar-refractivity contribution in [3.63, 3.8) is 0 Å². The first kappa shape index (κ1) is 21.0. The van der Waals surface area contributed by atoms with Gasteiger partial charge >= 0.3 is 0 Å². The Labute approximate surface area is 184 Å². The van der Waals surface area contributed by atoms with E-state index in [2.05, 4.69) is 59.7 Å². The minimum atomic E-state index is 0.605. The number of methoxy groups -OCH3 is 1. The highest BCUT2D eigenvalue weighted by Gasteiger charge is 2.20. The van der Waals surface area contributed by atoms with E-state index in [9.17, 15) is 0 Å². The van der Waals surface area contributed by atoms with E-state index in [1.165, 1.54) is 31.5 Å². The first-order valence-electron chi connectivity index (χ1n) is 10.7. The maximum atomic E-state index is 6.36. The van der Waals surface area contributed by atoms with E-state index in [4.69, 9.17) is 21.3 Å². The van der Waals surface area contributed by atoms with Gasteiger partial charge in [0.1, 0.15) is 11.4 Å². The summed E-state index contributed by atoms with van der Waals surface area (Å²) in [4.78, 5) is 9.67. The van der Waals surface area contributed by atoms with Crippen molar-refractivity contribution in [1.29, 1.82) is 0 Å². The molecular weight excluding hydrogens is 396 g/mol. The van der Waals surface area contributed by atoms with Crippen LogP contribution in [0.5, 0.6) is 5.75 Å². The van der Waals surface area contributed by atoms with Crippen molar-refractivity contribution in [2.45, 2.75) is 26.2 Å². The molecule has 1 aliphatic rings. The van der Waals surface area contributed by atoms with Gasteiger partial charge in [0, 0.05) is 42.8 Å². The van der Waals surface area contributed by atoms with E-state index < -0.39 is 0 Å². The molecule has 0 atom stereocenters. The van der Waals surface area contributed by atoms with E-state index in [-0.39, 0.29) is 0 Å². The Morgan fingerprint density at radius 3 is 2.67 bits per heavy atom. The highest BCUT2D eigenvalue weighted by atomic mass is 35.5. The van der Waals surface area contributed by atoms with Crippen LogP contribution in [0.3, 0.4) is 0 Å². The maximum absolute atomic E-state index is 6.36. The van der Waals surface area contributed by atoms with Gasteiger partial charge in [0.15, 0.2) is 0 Å². The second kappa shape index (κ2) is 8.86. The Morgan fingerprint density at radius 2 is 1.97 bits per heavy atom. The quantitative estimate of drug-likeness (QED) is 0.546. The molecule has 5 nitrogen and oxygen atoms in total. The SMILES string of the molecule is COc1cc(C)c(-c2cn3ccc(N4CCC(CCN(C)C)CC4)cc3n2)cc1Cl. The molecule has 4 rings (SSSR count). The van der Waals surface area contributed by atoms with Crippen LogP contribution in [0.15, 0.2) is 36.7 Å². The van der Waals surface area contributed by atoms with E-state index in [0.717, 1.165) is 41.5 Å². The predicted molar refractivity (Wildman–Crippen MR) is 125 cm³/mol. The number of piperidine rings is 1. The zero-order valence-electron chi connectivity index (χ0n) is 18.4. The second-order valence-electron chi connectivity index (χ2n) is 8.60. The summed E-state index contributed by atoms with van der Waals surface area (Å²) in [5, 5.41) is 0.605. The zero-order chi connectivity index (χ0) is 21.3. The standard InChI is InChI=1S/C24H31ClN4O/c1-17-13-23(30-4)21(25)15-20(17)22-16-29-12-8-19(14-24(29)26-22)28-10-6-18(7-11-28)5-9-27(2)3/h8,12-16,18H,5-7,9-11H2,1-4H3. The molecule has 30 heavy (non-hydrogen) atoms. The third-order valence-corrected chi connectivity index (χ3v) is 6.48. The van der Waals surface area contributed by atoms with Crippen molar-refractivity contribution in [3.05, 3.63) is 47.2 Å². The molecule has 0 N–H and O–H groups in total. The van der Waals surface area contributed by atoms with Crippen molar-refractivity contribution in [2.75, 3.05) is 45.7 Å². The highest BCUT2D eigenvalue weighted by molar-refractivity contribution is 6.32. The van der Waals surface area contributed by atoms with Crippen LogP contribution in [0.25, 0.3) is 16.9 Å². The average Bonchev–Trinajstić information content (AvgIpc) is 3.17. The molecule has 0 amide bonds. The van der Waals surface area contributed by atoms with Gasteiger partial charge in [-0.25, -0.2) is 4.98 Å². The molecule has 0 saturated carbocycles. The molecule has 0 aliphatic carbocycles. The first-order valence-corrected chi connectivity index (χ1v) is 11.1. The van der Waals surface area contributed by atoms with Crippen LogP contribution in [-0.4, -0.2) is 55.1 Å². The number of hydrogen-bond donors (Lipinski definition) is 0. The zero-order valence-corrected chi connectivity index (χ0v) is 19.1. The van der Waals surface area contributed by atoms with E-state index in [1.54, 1.807) is 7.11 Å². The van der Waals surface area contributed by atoms with Gasteiger partial charge < -0.3 is 18.9 Å². The molecule has 1 aromatic carbocycles. The first-order chi connectivity index (χ1) is 14.4. The van der Waals surface area contributed by atoms with E-state index >= 15 is 0 Å².